The van der Waals surface area contributed by atoms with Gasteiger partial charge in [0.25, 0.3) is 5.91 Å². The number of carboxylic acid groups (broad SMARTS) is 1. The number of hydrogen-bond acceptors (Lipinski definition) is 2. The molecule has 0 bridgehead atoms. The Balaban J connectivity index is 2.35. The van der Waals surface area contributed by atoms with Crippen molar-refractivity contribution in [3.05, 3.63) is 35.8 Å². The Morgan fingerprint density at radius 3 is 2.52 bits per heavy atom. The summed E-state index contributed by atoms with van der Waals surface area (Å²) < 4.78 is 14.8. The molecule has 0 radical (unpaired) electrons. The minimum atomic E-state index is -1.08. The van der Waals surface area contributed by atoms with Crippen LogP contribution in [0.15, 0.2) is 24.3 Å². The van der Waals surface area contributed by atoms with Crippen molar-refractivity contribution in [2.75, 3.05) is 0 Å². The highest BCUT2D eigenvalue weighted by molar-refractivity contribution is 6.00. The molecule has 1 aromatic heterocycles. The largest absolute Gasteiger partial charge is 0.480 e. The highest BCUT2D eigenvalue weighted by Gasteiger charge is 2.25. The predicted molar refractivity (Wildman–Crippen MR) is 76.6 cm³/mol. The van der Waals surface area contributed by atoms with Gasteiger partial charge in [-0.2, -0.15) is 0 Å². The van der Waals surface area contributed by atoms with E-state index in [1.165, 1.54) is 12.1 Å². The third kappa shape index (κ3) is 2.89. The number of amides is 1. The number of nitrogens with one attached hydrogen (secondary N) is 1. The summed E-state index contributed by atoms with van der Waals surface area (Å²) in [6.07, 6.45) is 0. The topological polar surface area (TPSA) is 71.3 Å². The SMILES string of the molecule is CC(C)C(NC(=O)c1cc2cc(F)ccc2n1C)C(=O)O. The number of benzene rings is 1. The highest BCUT2D eigenvalue weighted by atomic mass is 19.1. The maximum atomic E-state index is 13.2. The normalized spacial score (nSPS) is 12.6. The monoisotopic (exact) mass is 292 g/mol. The number of aryl methyl sites for hydroxylation is 1. The average Bonchev–Trinajstić information content (AvgIpc) is 2.71. The number of carbonyl (C=O) groups excluding carboxylic acids is 1. The molecule has 0 aliphatic carbocycles. The number of aromatic nitrogens is 1. The van der Waals surface area contributed by atoms with Crippen molar-refractivity contribution in [3.63, 3.8) is 0 Å². The molecule has 1 unspecified atom stereocenters. The van der Waals surface area contributed by atoms with Gasteiger partial charge in [0.1, 0.15) is 17.6 Å². The molecule has 0 fully saturated rings. The molecule has 0 saturated carbocycles. The Kier molecular flexibility index (Phi) is 3.97. The quantitative estimate of drug-likeness (QED) is 0.907. The van der Waals surface area contributed by atoms with Crippen molar-refractivity contribution in [2.45, 2.75) is 19.9 Å². The number of nitrogens with zero attached hydrogens (tertiary/aromatic N) is 1. The minimum Gasteiger partial charge on any atom is -0.480 e. The van der Waals surface area contributed by atoms with E-state index in [2.05, 4.69) is 5.32 Å². The van der Waals surface area contributed by atoms with Gasteiger partial charge in [-0.05, 0) is 30.2 Å². The van der Waals surface area contributed by atoms with E-state index in [-0.39, 0.29) is 11.7 Å². The van der Waals surface area contributed by atoms with Gasteiger partial charge in [0, 0.05) is 18.0 Å². The zero-order valence-corrected chi connectivity index (χ0v) is 12.1. The Morgan fingerprint density at radius 1 is 1.29 bits per heavy atom. The van der Waals surface area contributed by atoms with Crippen LogP contribution in [0.2, 0.25) is 0 Å². The van der Waals surface area contributed by atoms with Crippen molar-refractivity contribution in [1.82, 2.24) is 9.88 Å². The van der Waals surface area contributed by atoms with E-state index in [4.69, 9.17) is 5.11 Å². The lowest BCUT2D eigenvalue weighted by Gasteiger charge is -2.18. The Morgan fingerprint density at radius 2 is 1.95 bits per heavy atom. The number of hydrogen-bond donors (Lipinski definition) is 2. The molecular formula is C15H17FN2O3. The molecule has 1 heterocycles. The Hall–Kier alpha value is -2.37. The van der Waals surface area contributed by atoms with Crippen LogP contribution in [0.4, 0.5) is 4.39 Å². The molecule has 1 atom stereocenters. The Labute approximate surface area is 121 Å². The van der Waals surface area contributed by atoms with Gasteiger partial charge in [0.05, 0.1) is 0 Å². The Bertz CT molecular complexity index is 706. The summed E-state index contributed by atoms with van der Waals surface area (Å²) in [5, 5.41) is 12.2. The molecule has 1 amide bonds. The summed E-state index contributed by atoms with van der Waals surface area (Å²) in [5.41, 5.74) is 1.00. The molecule has 0 spiro atoms. The summed E-state index contributed by atoms with van der Waals surface area (Å²) in [6.45, 7) is 3.44. The van der Waals surface area contributed by atoms with Crippen molar-refractivity contribution in [2.24, 2.45) is 13.0 Å². The highest BCUT2D eigenvalue weighted by Crippen LogP contribution is 2.20. The average molecular weight is 292 g/mol. The van der Waals surface area contributed by atoms with Crippen molar-refractivity contribution >= 4 is 22.8 Å². The van der Waals surface area contributed by atoms with Crippen molar-refractivity contribution in [1.29, 1.82) is 0 Å². The smallest absolute Gasteiger partial charge is 0.326 e. The zero-order valence-electron chi connectivity index (χ0n) is 12.1. The van der Waals surface area contributed by atoms with Gasteiger partial charge in [-0.3, -0.25) is 4.79 Å². The zero-order chi connectivity index (χ0) is 15.7. The van der Waals surface area contributed by atoms with E-state index in [9.17, 15) is 14.0 Å². The number of halogens is 1. The number of rotatable bonds is 4. The number of carbonyl (C=O) groups is 2. The molecule has 5 nitrogen and oxygen atoms in total. The molecule has 112 valence electrons. The first-order chi connectivity index (χ1) is 9.81. The van der Waals surface area contributed by atoms with Crippen molar-refractivity contribution < 1.29 is 19.1 Å². The molecular weight excluding hydrogens is 275 g/mol. The summed E-state index contributed by atoms with van der Waals surface area (Å²) in [5.74, 6) is -2.19. The molecule has 0 aliphatic heterocycles. The van der Waals surface area contributed by atoms with E-state index in [1.807, 2.05) is 0 Å². The number of aliphatic carboxylic acids is 1. The van der Waals surface area contributed by atoms with E-state index in [0.717, 1.165) is 0 Å². The second-order valence-corrected chi connectivity index (χ2v) is 5.33. The van der Waals surface area contributed by atoms with Crippen LogP contribution in [0.25, 0.3) is 10.9 Å². The summed E-state index contributed by atoms with van der Waals surface area (Å²) in [7, 11) is 1.68. The lowest BCUT2D eigenvalue weighted by atomic mass is 10.0. The fourth-order valence-electron chi connectivity index (χ4n) is 2.27. The van der Waals surface area contributed by atoms with Gasteiger partial charge in [0.15, 0.2) is 0 Å². The van der Waals surface area contributed by atoms with Gasteiger partial charge >= 0.3 is 5.97 Å². The van der Waals surface area contributed by atoms with Crippen LogP contribution in [-0.4, -0.2) is 27.6 Å². The van der Waals surface area contributed by atoms with Crippen LogP contribution < -0.4 is 5.32 Å². The fourth-order valence-corrected chi connectivity index (χ4v) is 2.27. The van der Waals surface area contributed by atoms with Crippen LogP contribution >= 0.6 is 0 Å². The fraction of sp³-hybridized carbons (Fsp3) is 0.333. The predicted octanol–water partition coefficient (Wildman–Crippen LogP) is 2.16. The van der Waals surface area contributed by atoms with Gasteiger partial charge in [0.2, 0.25) is 0 Å². The molecule has 0 saturated heterocycles. The molecule has 2 aromatic rings. The van der Waals surface area contributed by atoms with Crippen LogP contribution in [0.3, 0.4) is 0 Å². The van der Waals surface area contributed by atoms with E-state index in [1.54, 1.807) is 37.6 Å². The number of fused-ring (bicyclic) bond motifs is 1. The molecule has 0 aliphatic rings. The first-order valence-electron chi connectivity index (χ1n) is 6.60. The summed E-state index contributed by atoms with van der Waals surface area (Å²) in [6, 6.07) is 4.82. The lowest BCUT2D eigenvalue weighted by molar-refractivity contribution is -0.140. The third-order valence-electron chi connectivity index (χ3n) is 3.46. The van der Waals surface area contributed by atoms with Crippen LogP contribution in [-0.2, 0) is 11.8 Å². The second-order valence-electron chi connectivity index (χ2n) is 5.33. The van der Waals surface area contributed by atoms with Crippen LogP contribution in [0.5, 0.6) is 0 Å². The first-order valence-corrected chi connectivity index (χ1v) is 6.60. The molecule has 1 aromatic carbocycles. The number of carboxylic acids is 1. The summed E-state index contributed by atoms with van der Waals surface area (Å²) in [4.78, 5) is 23.4. The molecule has 2 rings (SSSR count). The van der Waals surface area contributed by atoms with Gasteiger partial charge in [-0.1, -0.05) is 13.8 Å². The van der Waals surface area contributed by atoms with E-state index < -0.39 is 17.9 Å². The standard InChI is InChI=1S/C15H17FN2O3/c1-8(2)13(15(20)21)17-14(19)12-7-9-6-10(16)4-5-11(9)18(12)3/h4-8,13H,1-3H3,(H,17,19)(H,20,21). The van der Waals surface area contributed by atoms with Crippen LogP contribution in [0.1, 0.15) is 24.3 Å². The first kappa shape index (κ1) is 15.0. The molecule has 2 N–H and O–H groups in total. The van der Waals surface area contributed by atoms with Gasteiger partial charge < -0.3 is 15.0 Å². The van der Waals surface area contributed by atoms with E-state index >= 15 is 0 Å². The van der Waals surface area contributed by atoms with Crippen LogP contribution in [0, 0.1) is 11.7 Å². The van der Waals surface area contributed by atoms with E-state index in [0.29, 0.717) is 16.6 Å². The maximum Gasteiger partial charge on any atom is 0.326 e. The summed E-state index contributed by atoms with van der Waals surface area (Å²) >= 11 is 0. The van der Waals surface area contributed by atoms with Crippen molar-refractivity contribution in [3.8, 4) is 0 Å². The third-order valence-corrected chi connectivity index (χ3v) is 3.46. The molecule has 21 heavy (non-hydrogen) atoms. The second kappa shape index (κ2) is 5.55. The maximum absolute atomic E-state index is 13.2. The minimum absolute atomic E-state index is 0.237. The van der Waals surface area contributed by atoms with Gasteiger partial charge in [-0.25, -0.2) is 9.18 Å². The lowest BCUT2D eigenvalue weighted by Crippen LogP contribution is -2.44. The van der Waals surface area contributed by atoms with Gasteiger partial charge in [-0.15, -0.1) is 0 Å². The molecule has 6 heteroatoms.